The Bertz CT molecular complexity index is 1090. The molecule has 4 aromatic heterocycles. The van der Waals surface area contributed by atoms with Gasteiger partial charge in [0.05, 0.1) is 5.69 Å². The van der Waals surface area contributed by atoms with Crippen molar-refractivity contribution < 1.29 is 0 Å². The van der Waals surface area contributed by atoms with Crippen LogP contribution in [0.3, 0.4) is 0 Å². The Morgan fingerprint density at radius 1 is 1.15 bits per heavy atom. The van der Waals surface area contributed by atoms with Crippen LogP contribution in [0.5, 0.6) is 0 Å². The quantitative estimate of drug-likeness (QED) is 0.530. The Kier molecular flexibility index (Phi) is 3.65. The number of hydrogen-bond acceptors (Lipinski definition) is 4. The van der Waals surface area contributed by atoms with Gasteiger partial charge in [0.15, 0.2) is 0 Å². The summed E-state index contributed by atoms with van der Waals surface area (Å²) in [7, 11) is 2.20. The molecule has 5 heterocycles. The van der Waals surface area contributed by atoms with Crippen molar-refractivity contribution in [1.82, 2.24) is 19.4 Å². The van der Waals surface area contributed by atoms with Gasteiger partial charge in [-0.2, -0.15) is 0 Å². The Morgan fingerprint density at radius 2 is 2.00 bits per heavy atom. The van der Waals surface area contributed by atoms with Crippen LogP contribution in [0.4, 0.5) is 0 Å². The van der Waals surface area contributed by atoms with Crippen LogP contribution in [0.25, 0.3) is 27.8 Å². The van der Waals surface area contributed by atoms with Gasteiger partial charge in [-0.1, -0.05) is 0 Å². The molecule has 0 aromatic carbocycles. The Morgan fingerprint density at radius 3 is 2.85 bits per heavy atom. The molecule has 0 radical (unpaired) electrons. The van der Waals surface area contributed by atoms with Gasteiger partial charge in [-0.05, 0) is 48.9 Å². The number of pyridine rings is 2. The number of thiophene rings is 1. The molecule has 1 aliphatic heterocycles. The maximum absolute atomic E-state index is 4.84. The third-order valence-corrected chi connectivity index (χ3v) is 5.92. The Balaban J connectivity index is 1.81. The van der Waals surface area contributed by atoms with E-state index in [1.165, 1.54) is 39.0 Å². The first kappa shape index (κ1) is 15.7. The molecule has 0 N–H and O–H groups in total. The molecule has 5 heteroatoms. The fourth-order valence-electron chi connectivity index (χ4n) is 3.94. The predicted octanol–water partition coefficient (Wildman–Crippen LogP) is 4.45. The van der Waals surface area contributed by atoms with Crippen molar-refractivity contribution in [1.29, 1.82) is 0 Å². The minimum absolute atomic E-state index is 0.985. The lowest BCUT2D eigenvalue weighted by Crippen LogP contribution is -2.27. The van der Waals surface area contributed by atoms with Crippen molar-refractivity contribution in [2.45, 2.75) is 19.9 Å². The van der Waals surface area contributed by atoms with Gasteiger partial charge in [0.2, 0.25) is 0 Å². The van der Waals surface area contributed by atoms with Crippen LogP contribution in [0.15, 0.2) is 47.5 Å². The minimum atomic E-state index is 0.985. The van der Waals surface area contributed by atoms with Crippen LogP contribution in [0.1, 0.15) is 16.8 Å². The highest BCUT2D eigenvalue weighted by atomic mass is 32.1. The summed E-state index contributed by atoms with van der Waals surface area (Å²) >= 11 is 1.74. The van der Waals surface area contributed by atoms with Gasteiger partial charge in [0.25, 0.3) is 0 Å². The second-order valence-corrected chi connectivity index (χ2v) is 7.78. The number of nitrogens with zero attached hydrogens (tertiary/aromatic N) is 4. The van der Waals surface area contributed by atoms with Crippen LogP contribution in [-0.2, 0) is 13.0 Å². The smallest absolute Gasteiger partial charge is 0.145 e. The van der Waals surface area contributed by atoms with Gasteiger partial charge in [0.1, 0.15) is 5.65 Å². The number of aryl methyl sites for hydroxylation is 1. The molecule has 0 spiro atoms. The average Bonchev–Trinajstić information content (AvgIpc) is 3.24. The summed E-state index contributed by atoms with van der Waals surface area (Å²) in [5.41, 5.74) is 8.80. The van der Waals surface area contributed by atoms with E-state index in [1.54, 1.807) is 11.3 Å². The molecule has 0 aliphatic carbocycles. The molecule has 0 saturated heterocycles. The first-order valence-electron chi connectivity index (χ1n) is 8.86. The van der Waals surface area contributed by atoms with Crippen LogP contribution >= 0.6 is 11.3 Å². The van der Waals surface area contributed by atoms with E-state index in [4.69, 9.17) is 4.98 Å². The van der Waals surface area contributed by atoms with Crippen molar-refractivity contribution in [2.75, 3.05) is 13.6 Å². The van der Waals surface area contributed by atoms with E-state index < -0.39 is 0 Å². The summed E-state index contributed by atoms with van der Waals surface area (Å²) in [6, 6.07) is 6.44. The minimum Gasteiger partial charge on any atom is -0.302 e. The van der Waals surface area contributed by atoms with Gasteiger partial charge in [-0.15, -0.1) is 11.3 Å². The fourth-order valence-corrected chi connectivity index (χ4v) is 4.76. The lowest BCUT2D eigenvalue weighted by atomic mass is 10.0. The maximum Gasteiger partial charge on any atom is 0.145 e. The lowest BCUT2D eigenvalue weighted by Gasteiger charge is -2.24. The van der Waals surface area contributed by atoms with E-state index in [0.29, 0.717) is 0 Å². The van der Waals surface area contributed by atoms with E-state index in [1.807, 2.05) is 18.6 Å². The number of rotatable bonds is 2. The molecule has 4 nitrogen and oxygen atoms in total. The molecule has 0 amide bonds. The first-order chi connectivity index (χ1) is 12.7. The Labute approximate surface area is 156 Å². The zero-order chi connectivity index (χ0) is 17.7. The molecular formula is C21H20N4S. The van der Waals surface area contributed by atoms with Crippen molar-refractivity contribution in [3.8, 4) is 16.8 Å². The summed E-state index contributed by atoms with van der Waals surface area (Å²) in [6.45, 7) is 4.19. The highest BCUT2D eigenvalue weighted by molar-refractivity contribution is 7.08. The molecule has 0 fully saturated rings. The van der Waals surface area contributed by atoms with Gasteiger partial charge >= 0.3 is 0 Å². The molecule has 130 valence electrons. The van der Waals surface area contributed by atoms with E-state index in [2.05, 4.69) is 57.4 Å². The molecule has 5 rings (SSSR count). The average molecular weight is 360 g/mol. The molecule has 1 aliphatic rings. The highest BCUT2D eigenvalue weighted by Gasteiger charge is 2.25. The number of aromatic nitrogens is 3. The van der Waals surface area contributed by atoms with Gasteiger partial charge < -0.3 is 4.90 Å². The van der Waals surface area contributed by atoms with E-state index in [0.717, 1.165) is 25.2 Å². The first-order valence-corrected chi connectivity index (χ1v) is 9.81. The third-order valence-electron chi connectivity index (χ3n) is 5.19. The molecule has 0 atom stereocenters. The second-order valence-electron chi connectivity index (χ2n) is 7.04. The van der Waals surface area contributed by atoms with Crippen LogP contribution in [0.2, 0.25) is 0 Å². The van der Waals surface area contributed by atoms with Crippen molar-refractivity contribution in [3.05, 3.63) is 64.4 Å². The predicted molar refractivity (Wildman–Crippen MR) is 107 cm³/mol. The summed E-state index contributed by atoms with van der Waals surface area (Å²) in [6.07, 6.45) is 6.74. The highest BCUT2D eigenvalue weighted by Crippen LogP contribution is 2.37. The number of fused-ring (bicyclic) bond motifs is 3. The summed E-state index contributed by atoms with van der Waals surface area (Å²) in [5, 5.41) is 5.76. The summed E-state index contributed by atoms with van der Waals surface area (Å²) in [4.78, 5) is 11.4. The second kappa shape index (κ2) is 6.04. The van der Waals surface area contributed by atoms with E-state index >= 15 is 0 Å². The van der Waals surface area contributed by atoms with Crippen LogP contribution in [0, 0.1) is 6.92 Å². The zero-order valence-corrected chi connectivity index (χ0v) is 15.8. The molecule has 0 bridgehead atoms. The molecular weight excluding hydrogens is 340 g/mol. The van der Waals surface area contributed by atoms with Crippen LogP contribution in [-0.4, -0.2) is 33.0 Å². The zero-order valence-electron chi connectivity index (χ0n) is 14.9. The standard InChI is InChI=1S/C21H20N4S/c1-14-9-16-17-11-24(2)8-5-19(17)25(21(16)23-10-14)20-13-26-12-18(20)15-3-6-22-7-4-15/h3-4,6-7,9-10,12-13H,5,8,11H2,1-2H3. The van der Waals surface area contributed by atoms with Gasteiger partial charge in [-0.25, -0.2) is 4.98 Å². The van der Waals surface area contributed by atoms with Crippen molar-refractivity contribution >= 4 is 22.4 Å². The maximum atomic E-state index is 4.84. The van der Waals surface area contributed by atoms with E-state index in [9.17, 15) is 0 Å². The van der Waals surface area contributed by atoms with E-state index in [-0.39, 0.29) is 0 Å². The third kappa shape index (κ3) is 2.39. The molecule has 4 aromatic rings. The van der Waals surface area contributed by atoms with Crippen molar-refractivity contribution in [3.63, 3.8) is 0 Å². The SMILES string of the molecule is Cc1cnc2c(c1)c1c(n2-c2cscc2-c2ccncc2)CCN(C)C1. The normalized spacial score (nSPS) is 14.7. The van der Waals surface area contributed by atoms with Gasteiger partial charge in [0, 0.05) is 65.5 Å². The van der Waals surface area contributed by atoms with Gasteiger partial charge in [-0.3, -0.25) is 9.55 Å². The monoisotopic (exact) mass is 360 g/mol. The van der Waals surface area contributed by atoms with Crippen LogP contribution < -0.4 is 0 Å². The summed E-state index contributed by atoms with van der Waals surface area (Å²) < 4.78 is 2.39. The number of likely N-dealkylation sites (N-methyl/N-ethyl adjacent to an activating group) is 1. The Hall–Kier alpha value is -2.50. The number of hydrogen-bond donors (Lipinski definition) is 0. The molecule has 26 heavy (non-hydrogen) atoms. The fraction of sp³-hybridized carbons (Fsp3) is 0.238. The molecule has 0 unspecified atom stereocenters. The topological polar surface area (TPSA) is 34.0 Å². The lowest BCUT2D eigenvalue weighted by molar-refractivity contribution is 0.311. The largest absolute Gasteiger partial charge is 0.302 e. The van der Waals surface area contributed by atoms with Crippen molar-refractivity contribution in [2.24, 2.45) is 0 Å². The molecule has 0 saturated carbocycles. The summed E-state index contributed by atoms with van der Waals surface area (Å²) in [5.74, 6) is 0.